The van der Waals surface area contributed by atoms with E-state index in [-0.39, 0.29) is 23.8 Å². The maximum absolute atomic E-state index is 14.3. The lowest BCUT2D eigenvalue weighted by Gasteiger charge is -2.33. The molecule has 4 aromatic carbocycles. The highest BCUT2D eigenvalue weighted by Crippen LogP contribution is 2.26. The Hall–Kier alpha value is -3.95. The Balaban J connectivity index is 1.79. The average molecular weight is 649 g/mol. The van der Waals surface area contributed by atoms with Crippen LogP contribution >= 0.6 is 15.9 Å². The molecule has 0 spiro atoms. The Kier molecular flexibility index (Phi) is 10.2. The van der Waals surface area contributed by atoms with Gasteiger partial charge in [-0.1, -0.05) is 88.2 Å². The van der Waals surface area contributed by atoms with Crippen molar-refractivity contribution in [3.8, 4) is 0 Å². The first kappa shape index (κ1) is 31.0. The number of nitrogens with one attached hydrogen (secondary N) is 1. The molecule has 4 aromatic rings. The number of sulfonamides is 1. The fourth-order valence-electron chi connectivity index (χ4n) is 4.70. The van der Waals surface area contributed by atoms with Gasteiger partial charge in [0.15, 0.2) is 0 Å². The minimum absolute atomic E-state index is 0.0769. The molecule has 1 atom stereocenters. The zero-order chi connectivity index (χ0) is 30.3. The summed E-state index contributed by atoms with van der Waals surface area (Å²) in [7, 11) is -2.60. The molecule has 7 nitrogen and oxygen atoms in total. The molecule has 0 saturated heterocycles. The molecule has 0 fully saturated rings. The SMILES string of the molecule is CNC(=O)[C@@H](Cc1ccccc1)N(Cc1cccc(Br)c1)C(=O)CN(c1cccc(C)c1)S(=O)(=O)c1ccc(C)cc1. The van der Waals surface area contributed by atoms with Gasteiger partial charge in [-0.15, -0.1) is 0 Å². The van der Waals surface area contributed by atoms with Crippen molar-refractivity contribution in [1.82, 2.24) is 10.2 Å². The van der Waals surface area contributed by atoms with Crippen molar-refractivity contribution in [1.29, 1.82) is 0 Å². The maximum Gasteiger partial charge on any atom is 0.264 e. The lowest BCUT2D eigenvalue weighted by Crippen LogP contribution is -2.53. The van der Waals surface area contributed by atoms with Crippen molar-refractivity contribution < 1.29 is 18.0 Å². The van der Waals surface area contributed by atoms with E-state index in [2.05, 4.69) is 21.2 Å². The number of nitrogens with zero attached hydrogens (tertiary/aromatic N) is 2. The van der Waals surface area contributed by atoms with Gasteiger partial charge in [0, 0.05) is 24.5 Å². The minimum atomic E-state index is -4.13. The molecule has 9 heteroatoms. The Morgan fingerprint density at radius 1 is 0.810 bits per heavy atom. The zero-order valence-corrected chi connectivity index (χ0v) is 26.2. The third kappa shape index (κ3) is 7.66. The monoisotopic (exact) mass is 647 g/mol. The number of aryl methyl sites for hydroxylation is 2. The number of carbonyl (C=O) groups excluding carboxylic acids is 2. The molecular weight excluding hydrogens is 614 g/mol. The summed E-state index contributed by atoms with van der Waals surface area (Å²) in [6.07, 6.45) is 0.259. The molecule has 42 heavy (non-hydrogen) atoms. The Bertz CT molecular complexity index is 1640. The van der Waals surface area contributed by atoms with Gasteiger partial charge in [0.25, 0.3) is 10.0 Å². The molecule has 0 aliphatic carbocycles. The molecular formula is C33H34BrN3O4S. The van der Waals surface area contributed by atoms with Gasteiger partial charge in [-0.2, -0.15) is 0 Å². The lowest BCUT2D eigenvalue weighted by atomic mass is 10.0. The van der Waals surface area contributed by atoms with Crippen molar-refractivity contribution in [2.24, 2.45) is 0 Å². The number of hydrogen-bond acceptors (Lipinski definition) is 4. The van der Waals surface area contributed by atoms with Gasteiger partial charge in [-0.3, -0.25) is 13.9 Å². The van der Waals surface area contributed by atoms with Crippen LogP contribution in [0.1, 0.15) is 22.3 Å². The molecule has 0 bridgehead atoms. The Morgan fingerprint density at radius 2 is 1.48 bits per heavy atom. The molecule has 0 saturated carbocycles. The summed E-state index contributed by atoms with van der Waals surface area (Å²) in [6.45, 7) is 3.36. The van der Waals surface area contributed by atoms with Crippen molar-refractivity contribution in [3.63, 3.8) is 0 Å². The van der Waals surface area contributed by atoms with Crippen LogP contribution in [0.15, 0.2) is 112 Å². The van der Waals surface area contributed by atoms with Gasteiger partial charge < -0.3 is 10.2 Å². The van der Waals surface area contributed by atoms with Crippen molar-refractivity contribution >= 4 is 43.5 Å². The van der Waals surface area contributed by atoms with Gasteiger partial charge in [0.05, 0.1) is 10.6 Å². The van der Waals surface area contributed by atoms with Gasteiger partial charge in [-0.05, 0) is 66.9 Å². The fraction of sp³-hybridized carbons (Fsp3) is 0.212. The van der Waals surface area contributed by atoms with E-state index in [1.807, 2.05) is 74.5 Å². The second-order valence-corrected chi connectivity index (χ2v) is 12.9. The topological polar surface area (TPSA) is 86.8 Å². The second kappa shape index (κ2) is 13.8. The molecule has 0 unspecified atom stereocenters. The van der Waals surface area contributed by atoms with Crippen LogP contribution in [0.4, 0.5) is 5.69 Å². The van der Waals surface area contributed by atoms with Crippen LogP contribution in [0.2, 0.25) is 0 Å². The molecule has 0 aliphatic heterocycles. The van der Waals surface area contributed by atoms with E-state index in [0.29, 0.717) is 5.69 Å². The van der Waals surface area contributed by atoms with E-state index in [0.717, 1.165) is 31.0 Å². The molecule has 0 aliphatic rings. The highest BCUT2D eigenvalue weighted by atomic mass is 79.9. The van der Waals surface area contributed by atoms with Crippen molar-refractivity contribution in [3.05, 3.63) is 130 Å². The normalized spacial score (nSPS) is 11.9. The summed E-state index contributed by atoms with van der Waals surface area (Å²) < 4.78 is 30.0. The second-order valence-electron chi connectivity index (χ2n) is 10.1. The lowest BCUT2D eigenvalue weighted by molar-refractivity contribution is -0.139. The van der Waals surface area contributed by atoms with Crippen LogP contribution in [0, 0.1) is 13.8 Å². The van der Waals surface area contributed by atoms with E-state index in [1.165, 1.54) is 11.9 Å². The third-order valence-corrected chi connectivity index (χ3v) is 9.22. The van der Waals surface area contributed by atoms with E-state index < -0.39 is 28.5 Å². The number of carbonyl (C=O) groups is 2. The number of benzene rings is 4. The largest absolute Gasteiger partial charge is 0.357 e. The van der Waals surface area contributed by atoms with Crippen molar-refractivity contribution in [2.75, 3.05) is 17.9 Å². The molecule has 218 valence electrons. The summed E-state index contributed by atoms with van der Waals surface area (Å²) >= 11 is 3.49. The van der Waals surface area contributed by atoms with E-state index in [1.54, 1.807) is 42.5 Å². The van der Waals surface area contributed by atoms with Gasteiger partial charge in [-0.25, -0.2) is 8.42 Å². The minimum Gasteiger partial charge on any atom is -0.357 e. The van der Waals surface area contributed by atoms with Crippen LogP contribution in [0.25, 0.3) is 0 Å². The number of anilines is 1. The standard InChI is InChI=1S/C33H34BrN3O4S/c1-24-15-17-30(18-16-24)42(40,41)37(29-14-7-9-25(2)19-29)23-32(38)36(22-27-12-8-13-28(34)20-27)31(33(39)35-3)21-26-10-5-4-6-11-26/h4-20,31H,21-23H2,1-3H3,(H,35,39)/t31-/m1/s1. The van der Waals surface area contributed by atoms with E-state index in [4.69, 9.17) is 0 Å². The first-order valence-electron chi connectivity index (χ1n) is 13.5. The van der Waals surface area contributed by atoms with E-state index >= 15 is 0 Å². The summed E-state index contributed by atoms with van der Waals surface area (Å²) in [4.78, 5) is 29.2. The number of halogens is 1. The first-order chi connectivity index (χ1) is 20.1. The molecule has 2 amide bonds. The van der Waals surface area contributed by atoms with Crippen LogP contribution in [0.5, 0.6) is 0 Å². The summed E-state index contributed by atoms with van der Waals surface area (Å²) in [5.74, 6) is -0.845. The summed E-state index contributed by atoms with van der Waals surface area (Å²) in [5.41, 5.74) is 3.80. The number of amides is 2. The number of likely N-dealkylation sites (N-methyl/N-ethyl adjacent to an activating group) is 1. The average Bonchev–Trinajstić information content (AvgIpc) is 2.98. The maximum atomic E-state index is 14.3. The molecule has 1 N–H and O–H groups in total. The number of rotatable bonds is 11. The highest BCUT2D eigenvalue weighted by Gasteiger charge is 2.34. The fourth-order valence-corrected chi connectivity index (χ4v) is 6.55. The van der Waals surface area contributed by atoms with Crippen LogP contribution in [0.3, 0.4) is 0 Å². The van der Waals surface area contributed by atoms with Crippen LogP contribution in [-0.2, 0) is 32.6 Å². The smallest absolute Gasteiger partial charge is 0.264 e. The van der Waals surface area contributed by atoms with Crippen LogP contribution < -0.4 is 9.62 Å². The van der Waals surface area contributed by atoms with Crippen LogP contribution in [-0.4, -0.2) is 44.8 Å². The first-order valence-corrected chi connectivity index (χ1v) is 15.8. The van der Waals surface area contributed by atoms with Gasteiger partial charge in [0.1, 0.15) is 12.6 Å². The zero-order valence-electron chi connectivity index (χ0n) is 23.8. The van der Waals surface area contributed by atoms with E-state index in [9.17, 15) is 18.0 Å². The molecule has 0 radical (unpaired) electrons. The molecule has 0 heterocycles. The van der Waals surface area contributed by atoms with Gasteiger partial charge in [0.2, 0.25) is 11.8 Å². The predicted octanol–water partition coefficient (Wildman–Crippen LogP) is 5.65. The molecule has 4 rings (SSSR count). The quantitative estimate of drug-likeness (QED) is 0.228. The molecule has 0 aromatic heterocycles. The predicted molar refractivity (Wildman–Crippen MR) is 170 cm³/mol. The summed E-state index contributed by atoms with van der Waals surface area (Å²) in [6, 6.07) is 29.6. The van der Waals surface area contributed by atoms with Crippen molar-refractivity contribution in [2.45, 2.75) is 37.8 Å². The summed E-state index contributed by atoms with van der Waals surface area (Å²) in [5, 5.41) is 2.70. The Labute approximate surface area is 256 Å². The van der Waals surface area contributed by atoms with Gasteiger partial charge >= 0.3 is 0 Å². The Morgan fingerprint density at radius 3 is 2.12 bits per heavy atom. The third-order valence-electron chi connectivity index (χ3n) is 6.94. The number of hydrogen-bond donors (Lipinski definition) is 1. The highest BCUT2D eigenvalue weighted by molar-refractivity contribution is 9.10.